The monoisotopic (exact) mass is 502 g/mol. The van der Waals surface area contributed by atoms with Crippen molar-refractivity contribution >= 4 is 5.97 Å². The molecule has 0 bridgehead atoms. The minimum Gasteiger partial charge on any atom is -0.489 e. The van der Waals surface area contributed by atoms with Gasteiger partial charge in [0.15, 0.2) is 5.75 Å². The number of hydrogen-bond donors (Lipinski definition) is 0. The van der Waals surface area contributed by atoms with Gasteiger partial charge in [-0.1, -0.05) is 129 Å². The van der Waals surface area contributed by atoms with Gasteiger partial charge in [0.1, 0.15) is 5.75 Å². The Balaban J connectivity index is 2.12. The molecule has 1 aromatic carbocycles. The second-order valence-corrected chi connectivity index (χ2v) is 10.2. The third-order valence-corrected chi connectivity index (χ3v) is 6.76. The van der Waals surface area contributed by atoms with Crippen molar-refractivity contribution < 1.29 is 14.3 Å². The van der Waals surface area contributed by atoms with Gasteiger partial charge in [0.25, 0.3) is 0 Å². The van der Waals surface area contributed by atoms with E-state index in [0.717, 1.165) is 25.7 Å². The second kappa shape index (κ2) is 23.6. The molecular formula is C32H54O4. The van der Waals surface area contributed by atoms with Gasteiger partial charge in [-0.15, -0.1) is 0 Å². The lowest BCUT2D eigenvalue weighted by atomic mass is 10.0. The second-order valence-electron chi connectivity index (χ2n) is 10.2. The van der Waals surface area contributed by atoms with Crippen molar-refractivity contribution in [2.45, 2.75) is 149 Å². The lowest BCUT2D eigenvalue weighted by Gasteiger charge is -2.04. The summed E-state index contributed by atoms with van der Waals surface area (Å²) in [6, 6.07) is 6.27. The van der Waals surface area contributed by atoms with E-state index in [2.05, 4.69) is 13.8 Å². The van der Waals surface area contributed by atoms with Crippen LogP contribution in [0, 0.1) is 0 Å². The van der Waals surface area contributed by atoms with E-state index in [1.165, 1.54) is 109 Å². The van der Waals surface area contributed by atoms with E-state index in [1.807, 2.05) is 0 Å². The number of esters is 1. The molecule has 0 unspecified atom stereocenters. The molecule has 4 nitrogen and oxygen atoms in total. The molecule has 1 rings (SSSR count). The van der Waals surface area contributed by atoms with Crippen LogP contribution in [0.4, 0.5) is 0 Å². The van der Waals surface area contributed by atoms with Crippen LogP contribution in [0.3, 0.4) is 0 Å². The number of carbonyl (C=O) groups excluding carboxylic acids is 1. The number of rotatable bonds is 24. The van der Waals surface area contributed by atoms with E-state index in [4.69, 9.17) is 9.47 Å². The van der Waals surface area contributed by atoms with Gasteiger partial charge in [-0.3, -0.25) is 9.59 Å². The number of carbonyl (C=O) groups is 1. The van der Waals surface area contributed by atoms with Crippen LogP contribution in [0.5, 0.6) is 11.5 Å². The summed E-state index contributed by atoms with van der Waals surface area (Å²) in [4.78, 5) is 24.4. The first kappa shape index (κ1) is 32.2. The standard InChI is InChI=1S/C32H54O4/c1-3-5-7-9-11-13-14-15-16-17-19-21-23-32(34)36-29-24-26-30(33)31(27-25-29)35-28-22-20-18-12-10-8-6-4-2/h24-27H,3-23,28H2,1-2H3. The normalized spacial score (nSPS) is 10.9. The summed E-state index contributed by atoms with van der Waals surface area (Å²) in [6.07, 6.45) is 25.5. The molecule has 0 amide bonds. The van der Waals surface area contributed by atoms with E-state index in [-0.39, 0.29) is 11.4 Å². The fraction of sp³-hybridized carbons (Fsp3) is 0.750. The molecule has 206 valence electrons. The molecule has 0 radical (unpaired) electrons. The summed E-state index contributed by atoms with van der Waals surface area (Å²) in [5.74, 6) is 0.487. The Bertz CT molecular complexity index is 715. The number of hydrogen-bond acceptors (Lipinski definition) is 4. The van der Waals surface area contributed by atoms with Crippen LogP contribution >= 0.6 is 0 Å². The van der Waals surface area contributed by atoms with Crippen LogP contribution in [0.25, 0.3) is 0 Å². The summed E-state index contributed by atoms with van der Waals surface area (Å²) >= 11 is 0. The lowest BCUT2D eigenvalue weighted by Crippen LogP contribution is -2.07. The minimum absolute atomic E-state index is 0.183. The van der Waals surface area contributed by atoms with Crippen LogP contribution in [0.2, 0.25) is 0 Å². The minimum atomic E-state index is -0.234. The first-order valence-electron chi connectivity index (χ1n) is 15.1. The van der Waals surface area contributed by atoms with Gasteiger partial charge in [0, 0.05) is 6.42 Å². The summed E-state index contributed by atoms with van der Waals surface area (Å²) in [7, 11) is 0. The topological polar surface area (TPSA) is 52.6 Å². The van der Waals surface area contributed by atoms with Crippen molar-refractivity contribution in [2.75, 3.05) is 6.61 Å². The van der Waals surface area contributed by atoms with Gasteiger partial charge < -0.3 is 9.47 Å². The molecule has 0 heterocycles. The Hall–Kier alpha value is -1.84. The van der Waals surface area contributed by atoms with Gasteiger partial charge in [0.2, 0.25) is 5.43 Å². The molecule has 0 atom stereocenters. The highest BCUT2D eigenvalue weighted by Gasteiger charge is 2.06. The summed E-state index contributed by atoms with van der Waals surface area (Å²) in [5, 5.41) is 0. The van der Waals surface area contributed by atoms with Gasteiger partial charge in [0.05, 0.1) is 6.61 Å². The van der Waals surface area contributed by atoms with E-state index in [0.29, 0.717) is 24.5 Å². The molecule has 0 N–H and O–H groups in total. The maximum Gasteiger partial charge on any atom is 0.311 e. The first-order chi connectivity index (χ1) is 17.7. The molecule has 36 heavy (non-hydrogen) atoms. The van der Waals surface area contributed by atoms with E-state index in [9.17, 15) is 9.59 Å². The predicted molar refractivity (Wildman–Crippen MR) is 152 cm³/mol. The molecule has 0 aliphatic carbocycles. The summed E-state index contributed by atoms with van der Waals surface area (Å²) in [5.41, 5.74) is -0.183. The summed E-state index contributed by atoms with van der Waals surface area (Å²) < 4.78 is 11.1. The molecule has 0 saturated carbocycles. The molecule has 0 aliphatic rings. The Morgan fingerprint density at radius 2 is 1.03 bits per heavy atom. The van der Waals surface area contributed by atoms with Crippen molar-refractivity contribution in [1.82, 2.24) is 0 Å². The molecule has 0 spiro atoms. The molecule has 1 aromatic rings. The molecule has 0 aromatic heterocycles. The van der Waals surface area contributed by atoms with E-state index in [1.54, 1.807) is 18.2 Å². The predicted octanol–water partition coefficient (Wildman–Crippen LogP) is 9.56. The van der Waals surface area contributed by atoms with E-state index >= 15 is 0 Å². The Morgan fingerprint density at radius 3 is 1.56 bits per heavy atom. The van der Waals surface area contributed by atoms with Gasteiger partial charge >= 0.3 is 5.97 Å². The number of ether oxygens (including phenoxy) is 2. The highest BCUT2D eigenvalue weighted by molar-refractivity contribution is 5.72. The third-order valence-electron chi connectivity index (χ3n) is 6.76. The molecule has 0 fully saturated rings. The molecule has 0 saturated heterocycles. The third kappa shape index (κ3) is 18.4. The molecule has 0 aliphatic heterocycles. The number of unbranched alkanes of at least 4 members (excludes halogenated alkanes) is 18. The van der Waals surface area contributed by atoms with Crippen LogP contribution in [-0.2, 0) is 4.79 Å². The zero-order valence-corrected chi connectivity index (χ0v) is 23.5. The van der Waals surface area contributed by atoms with Crippen molar-refractivity contribution in [2.24, 2.45) is 0 Å². The maximum atomic E-state index is 12.3. The largest absolute Gasteiger partial charge is 0.489 e. The summed E-state index contributed by atoms with van der Waals surface area (Å²) in [6.45, 7) is 5.04. The first-order valence-corrected chi connectivity index (χ1v) is 15.1. The fourth-order valence-electron chi connectivity index (χ4n) is 4.43. The van der Waals surface area contributed by atoms with Crippen LogP contribution in [0.15, 0.2) is 29.1 Å². The lowest BCUT2D eigenvalue weighted by molar-refractivity contribution is -0.134. The van der Waals surface area contributed by atoms with Gasteiger partial charge in [-0.2, -0.15) is 0 Å². The van der Waals surface area contributed by atoms with Crippen molar-refractivity contribution in [3.05, 3.63) is 34.5 Å². The molecular weight excluding hydrogens is 448 g/mol. The quantitative estimate of drug-likeness (QED) is 0.104. The Kier molecular flexibility index (Phi) is 21.1. The average molecular weight is 503 g/mol. The molecule has 4 heteroatoms. The van der Waals surface area contributed by atoms with Gasteiger partial charge in [-0.25, -0.2) is 0 Å². The Labute approximate surface area is 221 Å². The zero-order chi connectivity index (χ0) is 26.1. The smallest absolute Gasteiger partial charge is 0.311 e. The van der Waals surface area contributed by atoms with Crippen molar-refractivity contribution in [1.29, 1.82) is 0 Å². The maximum absolute atomic E-state index is 12.3. The van der Waals surface area contributed by atoms with Crippen LogP contribution in [0.1, 0.15) is 149 Å². The van der Waals surface area contributed by atoms with Crippen LogP contribution < -0.4 is 14.9 Å². The zero-order valence-electron chi connectivity index (χ0n) is 23.5. The highest BCUT2D eigenvalue weighted by Crippen LogP contribution is 2.15. The average Bonchev–Trinajstić information content (AvgIpc) is 3.04. The van der Waals surface area contributed by atoms with Gasteiger partial charge in [-0.05, 0) is 37.1 Å². The highest BCUT2D eigenvalue weighted by atomic mass is 16.5. The fourth-order valence-corrected chi connectivity index (χ4v) is 4.43. The van der Waals surface area contributed by atoms with E-state index < -0.39 is 0 Å². The Morgan fingerprint density at radius 1 is 0.583 bits per heavy atom. The van der Waals surface area contributed by atoms with Crippen LogP contribution in [-0.4, -0.2) is 12.6 Å². The SMILES string of the molecule is CCCCCCCCCCCCCCC(=O)Oc1ccc(OCCCCCCCCCC)c(=O)cc1. The van der Waals surface area contributed by atoms with Crippen molar-refractivity contribution in [3.63, 3.8) is 0 Å². The van der Waals surface area contributed by atoms with Crippen molar-refractivity contribution in [3.8, 4) is 11.5 Å².